The van der Waals surface area contributed by atoms with Gasteiger partial charge in [-0.1, -0.05) is 0 Å². The summed E-state index contributed by atoms with van der Waals surface area (Å²) in [7, 11) is -3.52. The summed E-state index contributed by atoms with van der Waals surface area (Å²) in [5.74, 6) is -0.501. The second kappa shape index (κ2) is 6.14. The smallest absolute Gasteiger partial charge is 0.264 e. The lowest BCUT2D eigenvalue weighted by Gasteiger charge is -2.21. The van der Waals surface area contributed by atoms with Gasteiger partial charge < -0.3 is 5.32 Å². The summed E-state index contributed by atoms with van der Waals surface area (Å²) < 4.78 is 26.3. The predicted molar refractivity (Wildman–Crippen MR) is 71.5 cm³/mol. The van der Waals surface area contributed by atoms with Crippen molar-refractivity contribution in [2.24, 2.45) is 0 Å². The highest BCUT2D eigenvalue weighted by atomic mass is 32.2. The van der Waals surface area contributed by atoms with E-state index in [-0.39, 0.29) is 24.9 Å². The zero-order valence-electron chi connectivity index (χ0n) is 11.2. The minimum absolute atomic E-state index is 0.155. The molecule has 9 nitrogen and oxygen atoms in total. The summed E-state index contributed by atoms with van der Waals surface area (Å²) in [4.78, 5) is 30.5. The maximum atomic E-state index is 11.6. The SMILES string of the molecule is CS(=O)(=O)OCc1cnc(NC2CCC(=O)NC2=O)nc1. The maximum Gasteiger partial charge on any atom is 0.264 e. The van der Waals surface area contributed by atoms with Gasteiger partial charge in [0.15, 0.2) is 0 Å². The fourth-order valence-electron chi connectivity index (χ4n) is 1.67. The van der Waals surface area contributed by atoms with Crippen molar-refractivity contribution in [1.29, 1.82) is 0 Å². The summed E-state index contributed by atoms with van der Waals surface area (Å²) in [6.07, 6.45) is 4.36. The van der Waals surface area contributed by atoms with Crippen molar-refractivity contribution in [3.05, 3.63) is 18.0 Å². The van der Waals surface area contributed by atoms with E-state index in [2.05, 4.69) is 24.8 Å². The van der Waals surface area contributed by atoms with Crippen LogP contribution >= 0.6 is 0 Å². The van der Waals surface area contributed by atoms with Crippen LogP contribution in [0, 0.1) is 0 Å². The van der Waals surface area contributed by atoms with Crippen LogP contribution in [0.15, 0.2) is 12.4 Å². The molecule has 1 aromatic rings. The van der Waals surface area contributed by atoms with E-state index < -0.39 is 22.1 Å². The van der Waals surface area contributed by atoms with Crippen LogP contribution in [-0.4, -0.2) is 42.5 Å². The topological polar surface area (TPSA) is 127 Å². The molecule has 2 heterocycles. The second-order valence-electron chi connectivity index (χ2n) is 4.53. The monoisotopic (exact) mass is 314 g/mol. The van der Waals surface area contributed by atoms with Crippen LogP contribution in [0.25, 0.3) is 0 Å². The van der Waals surface area contributed by atoms with E-state index in [9.17, 15) is 18.0 Å². The Morgan fingerprint density at radius 1 is 1.38 bits per heavy atom. The van der Waals surface area contributed by atoms with Crippen molar-refractivity contribution < 1.29 is 22.2 Å². The van der Waals surface area contributed by atoms with Crippen LogP contribution in [0.3, 0.4) is 0 Å². The molecule has 21 heavy (non-hydrogen) atoms. The molecule has 1 aliphatic rings. The number of amides is 2. The van der Waals surface area contributed by atoms with E-state index in [1.165, 1.54) is 12.4 Å². The number of anilines is 1. The first-order valence-electron chi connectivity index (χ1n) is 6.09. The molecule has 2 rings (SSSR count). The summed E-state index contributed by atoms with van der Waals surface area (Å²) >= 11 is 0. The highest BCUT2D eigenvalue weighted by Crippen LogP contribution is 2.10. The molecule has 10 heteroatoms. The lowest BCUT2D eigenvalue weighted by atomic mass is 10.1. The number of hydrogen-bond donors (Lipinski definition) is 2. The minimum Gasteiger partial charge on any atom is -0.342 e. The Kier molecular flexibility index (Phi) is 4.48. The molecule has 0 bridgehead atoms. The Balaban J connectivity index is 1.93. The van der Waals surface area contributed by atoms with E-state index in [1.54, 1.807) is 0 Å². The molecular weight excluding hydrogens is 300 g/mol. The van der Waals surface area contributed by atoms with E-state index in [0.717, 1.165) is 6.26 Å². The summed E-state index contributed by atoms with van der Waals surface area (Å²) in [5, 5.41) is 5.02. The van der Waals surface area contributed by atoms with Gasteiger partial charge in [0, 0.05) is 24.4 Å². The van der Waals surface area contributed by atoms with Crippen LogP contribution in [0.5, 0.6) is 0 Å². The maximum absolute atomic E-state index is 11.6. The van der Waals surface area contributed by atoms with Crippen molar-refractivity contribution in [2.45, 2.75) is 25.5 Å². The number of nitrogens with one attached hydrogen (secondary N) is 2. The number of imide groups is 1. The lowest BCUT2D eigenvalue weighted by molar-refractivity contribution is -0.133. The highest BCUT2D eigenvalue weighted by Gasteiger charge is 2.26. The van der Waals surface area contributed by atoms with Gasteiger partial charge in [-0.15, -0.1) is 0 Å². The van der Waals surface area contributed by atoms with Crippen LogP contribution in [-0.2, 0) is 30.5 Å². The molecule has 114 valence electrons. The Labute approximate surface area is 121 Å². The number of nitrogens with zero attached hydrogens (tertiary/aromatic N) is 2. The fraction of sp³-hybridized carbons (Fsp3) is 0.455. The first-order chi connectivity index (χ1) is 9.83. The quantitative estimate of drug-likeness (QED) is 0.532. The molecule has 1 aliphatic heterocycles. The molecule has 0 spiro atoms. The third-order valence-corrected chi connectivity index (χ3v) is 3.23. The van der Waals surface area contributed by atoms with Gasteiger partial charge in [0.2, 0.25) is 17.8 Å². The Hall–Kier alpha value is -2.07. The normalized spacial score (nSPS) is 19.2. The zero-order valence-corrected chi connectivity index (χ0v) is 12.0. The molecule has 1 aromatic heterocycles. The average Bonchev–Trinajstić information content (AvgIpc) is 2.40. The predicted octanol–water partition coefficient (Wildman–Crippen LogP) is -0.830. The molecule has 0 radical (unpaired) electrons. The number of carbonyl (C=O) groups excluding carboxylic acids is 2. The molecular formula is C11H14N4O5S. The van der Waals surface area contributed by atoms with Crippen molar-refractivity contribution in [1.82, 2.24) is 15.3 Å². The largest absolute Gasteiger partial charge is 0.342 e. The van der Waals surface area contributed by atoms with E-state index in [1.807, 2.05) is 0 Å². The summed E-state index contributed by atoms with van der Waals surface area (Å²) in [5.41, 5.74) is 0.481. The first-order valence-corrected chi connectivity index (χ1v) is 7.91. The number of piperidine rings is 1. The van der Waals surface area contributed by atoms with Gasteiger partial charge in [-0.25, -0.2) is 9.97 Å². The average molecular weight is 314 g/mol. The molecule has 1 fully saturated rings. The van der Waals surface area contributed by atoms with Gasteiger partial charge in [0.1, 0.15) is 6.04 Å². The zero-order chi connectivity index (χ0) is 15.5. The number of hydrogen-bond acceptors (Lipinski definition) is 8. The van der Waals surface area contributed by atoms with Crippen molar-refractivity contribution in [3.8, 4) is 0 Å². The molecule has 0 aromatic carbocycles. The molecule has 0 saturated carbocycles. The summed E-state index contributed by atoms with van der Waals surface area (Å²) in [6, 6.07) is -0.569. The van der Waals surface area contributed by atoms with E-state index in [4.69, 9.17) is 0 Å². The van der Waals surface area contributed by atoms with Crippen molar-refractivity contribution >= 4 is 27.9 Å². The third-order valence-electron chi connectivity index (χ3n) is 2.69. The van der Waals surface area contributed by atoms with Gasteiger partial charge in [-0.2, -0.15) is 8.42 Å². The molecule has 0 aliphatic carbocycles. The van der Waals surface area contributed by atoms with Gasteiger partial charge in [-0.3, -0.25) is 19.1 Å². The highest BCUT2D eigenvalue weighted by molar-refractivity contribution is 7.85. The number of rotatable bonds is 5. The number of aromatic nitrogens is 2. The third kappa shape index (κ3) is 4.76. The van der Waals surface area contributed by atoms with Crippen LogP contribution in [0.1, 0.15) is 18.4 Å². The van der Waals surface area contributed by atoms with Crippen molar-refractivity contribution in [2.75, 3.05) is 11.6 Å². The Bertz CT molecular complexity index is 643. The van der Waals surface area contributed by atoms with Gasteiger partial charge in [-0.05, 0) is 6.42 Å². The molecule has 1 saturated heterocycles. The van der Waals surface area contributed by atoms with E-state index >= 15 is 0 Å². The molecule has 2 amide bonds. The Morgan fingerprint density at radius 2 is 2.05 bits per heavy atom. The fourth-order valence-corrected chi connectivity index (χ4v) is 2.02. The molecule has 2 N–H and O–H groups in total. The molecule has 1 unspecified atom stereocenters. The first kappa shape index (κ1) is 15.3. The lowest BCUT2D eigenvalue weighted by Crippen LogP contribution is -2.47. The Morgan fingerprint density at radius 3 is 2.62 bits per heavy atom. The van der Waals surface area contributed by atoms with E-state index in [0.29, 0.717) is 12.0 Å². The van der Waals surface area contributed by atoms with Gasteiger partial charge in [0.05, 0.1) is 12.9 Å². The molecule has 1 atom stereocenters. The summed E-state index contributed by atoms with van der Waals surface area (Å²) in [6.45, 7) is -0.155. The van der Waals surface area contributed by atoms with Crippen molar-refractivity contribution in [3.63, 3.8) is 0 Å². The van der Waals surface area contributed by atoms with Crippen LogP contribution < -0.4 is 10.6 Å². The van der Waals surface area contributed by atoms with Crippen LogP contribution in [0.2, 0.25) is 0 Å². The minimum atomic E-state index is -3.52. The second-order valence-corrected chi connectivity index (χ2v) is 6.17. The van der Waals surface area contributed by atoms with Crippen LogP contribution in [0.4, 0.5) is 5.95 Å². The van der Waals surface area contributed by atoms with Gasteiger partial charge >= 0.3 is 0 Å². The number of carbonyl (C=O) groups is 2. The standard InChI is InChI=1S/C11H14N4O5S/c1-21(18,19)20-6-7-4-12-11(13-5-7)14-8-2-3-9(16)15-10(8)17/h4-5,8H,2-3,6H2,1H3,(H,12,13,14)(H,15,16,17). The van der Waals surface area contributed by atoms with Gasteiger partial charge in [0.25, 0.3) is 10.1 Å².